The van der Waals surface area contributed by atoms with Crippen molar-refractivity contribution in [1.29, 1.82) is 0 Å². The number of nitrogens with one attached hydrogen (secondary N) is 1. The number of carbonyl (C=O) groups is 1. The summed E-state index contributed by atoms with van der Waals surface area (Å²) in [5.74, 6) is 1.02. The Kier molecular flexibility index (Phi) is 4.49. The third kappa shape index (κ3) is 3.34. The van der Waals surface area contributed by atoms with Crippen LogP contribution < -0.4 is 11.1 Å². The number of nitrogens with zero attached hydrogens (tertiary/aromatic N) is 2. The summed E-state index contributed by atoms with van der Waals surface area (Å²) in [6.07, 6.45) is 4.36. The molecule has 1 atom stereocenters. The molecule has 5 heteroatoms. The number of carbonyl (C=O) groups excluding carboxylic acids is 1. The number of hydrogen-bond donors (Lipinski definition) is 2. The van der Waals surface area contributed by atoms with Crippen molar-refractivity contribution in [1.82, 2.24) is 14.9 Å². The van der Waals surface area contributed by atoms with E-state index in [1.165, 1.54) is 0 Å². The van der Waals surface area contributed by atoms with Crippen molar-refractivity contribution in [2.75, 3.05) is 6.54 Å². The monoisotopic (exact) mass is 224 g/mol. The SMILES string of the molecule is CC(C)C(N)C(=O)NCCc1nccn1C. The van der Waals surface area contributed by atoms with Crippen LogP contribution in [0.15, 0.2) is 12.4 Å². The van der Waals surface area contributed by atoms with Gasteiger partial charge in [0, 0.05) is 32.4 Å². The standard InChI is InChI=1S/C11H20N4O/c1-8(2)10(12)11(16)14-5-4-9-13-6-7-15(9)3/h6-8,10H,4-5,12H2,1-3H3,(H,14,16). The molecule has 1 amide bonds. The summed E-state index contributed by atoms with van der Waals surface area (Å²) in [5.41, 5.74) is 5.72. The van der Waals surface area contributed by atoms with Crippen molar-refractivity contribution in [3.05, 3.63) is 18.2 Å². The molecular weight excluding hydrogens is 204 g/mol. The van der Waals surface area contributed by atoms with E-state index in [4.69, 9.17) is 5.73 Å². The highest BCUT2D eigenvalue weighted by molar-refractivity contribution is 5.81. The van der Waals surface area contributed by atoms with Crippen LogP contribution in [0.4, 0.5) is 0 Å². The maximum atomic E-state index is 11.5. The first-order valence-electron chi connectivity index (χ1n) is 5.52. The fourth-order valence-electron chi connectivity index (χ4n) is 1.36. The first-order chi connectivity index (χ1) is 7.52. The molecule has 0 aliphatic heterocycles. The quantitative estimate of drug-likeness (QED) is 0.743. The fourth-order valence-corrected chi connectivity index (χ4v) is 1.36. The number of nitrogens with two attached hydrogens (primary N) is 1. The molecule has 0 aliphatic carbocycles. The minimum absolute atomic E-state index is 0.0933. The number of hydrogen-bond acceptors (Lipinski definition) is 3. The summed E-state index contributed by atoms with van der Waals surface area (Å²) in [5, 5.41) is 2.81. The highest BCUT2D eigenvalue weighted by Gasteiger charge is 2.16. The smallest absolute Gasteiger partial charge is 0.237 e. The molecule has 1 heterocycles. The maximum absolute atomic E-state index is 11.5. The molecule has 1 unspecified atom stereocenters. The molecule has 0 radical (unpaired) electrons. The minimum atomic E-state index is -0.429. The van der Waals surface area contributed by atoms with Crippen LogP contribution in [-0.4, -0.2) is 28.0 Å². The van der Waals surface area contributed by atoms with Crippen LogP contribution in [0.3, 0.4) is 0 Å². The first-order valence-corrected chi connectivity index (χ1v) is 5.52. The van der Waals surface area contributed by atoms with Gasteiger partial charge in [-0.25, -0.2) is 4.98 Å². The van der Waals surface area contributed by atoms with Crippen molar-refractivity contribution in [3.8, 4) is 0 Å². The number of imidazole rings is 1. The van der Waals surface area contributed by atoms with Gasteiger partial charge in [-0.1, -0.05) is 13.8 Å². The van der Waals surface area contributed by atoms with Crippen molar-refractivity contribution < 1.29 is 4.79 Å². The Morgan fingerprint density at radius 1 is 1.62 bits per heavy atom. The fraction of sp³-hybridized carbons (Fsp3) is 0.636. The highest BCUT2D eigenvalue weighted by Crippen LogP contribution is 1.98. The molecular formula is C11H20N4O. The molecule has 1 aromatic rings. The van der Waals surface area contributed by atoms with Crippen molar-refractivity contribution in [3.63, 3.8) is 0 Å². The summed E-state index contributed by atoms with van der Waals surface area (Å²) >= 11 is 0. The number of rotatable bonds is 5. The zero-order chi connectivity index (χ0) is 12.1. The lowest BCUT2D eigenvalue weighted by Gasteiger charge is -2.15. The first kappa shape index (κ1) is 12.7. The second-order valence-electron chi connectivity index (χ2n) is 4.27. The third-order valence-corrected chi connectivity index (χ3v) is 2.59. The lowest BCUT2D eigenvalue weighted by atomic mass is 10.1. The topological polar surface area (TPSA) is 72.9 Å². The molecule has 1 aromatic heterocycles. The molecule has 0 bridgehead atoms. The van der Waals surface area contributed by atoms with Crippen LogP contribution in [0, 0.1) is 5.92 Å². The third-order valence-electron chi connectivity index (χ3n) is 2.59. The summed E-state index contributed by atoms with van der Waals surface area (Å²) in [7, 11) is 1.93. The Morgan fingerprint density at radius 3 is 2.81 bits per heavy atom. The zero-order valence-corrected chi connectivity index (χ0v) is 10.1. The van der Waals surface area contributed by atoms with E-state index in [2.05, 4.69) is 10.3 Å². The highest BCUT2D eigenvalue weighted by atomic mass is 16.2. The van der Waals surface area contributed by atoms with E-state index in [1.807, 2.05) is 31.7 Å². The predicted octanol–water partition coefficient (Wildman–Crippen LogP) is 0.0621. The lowest BCUT2D eigenvalue weighted by molar-refractivity contribution is -0.123. The molecule has 5 nitrogen and oxygen atoms in total. The number of aryl methyl sites for hydroxylation is 1. The number of amides is 1. The van der Waals surface area contributed by atoms with Crippen LogP contribution >= 0.6 is 0 Å². The second-order valence-corrected chi connectivity index (χ2v) is 4.27. The Hall–Kier alpha value is -1.36. The van der Waals surface area contributed by atoms with E-state index >= 15 is 0 Å². The van der Waals surface area contributed by atoms with Crippen molar-refractivity contribution in [2.45, 2.75) is 26.3 Å². The molecule has 0 spiro atoms. The van der Waals surface area contributed by atoms with Gasteiger partial charge in [0.1, 0.15) is 5.82 Å². The van der Waals surface area contributed by atoms with Gasteiger partial charge in [-0.05, 0) is 5.92 Å². The molecule has 90 valence electrons. The lowest BCUT2D eigenvalue weighted by Crippen LogP contribution is -2.44. The van der Waals surface area contributed by atoms with Gasteiger partial charge in [0.25, 0.3) is 0 Å². The van der Waals surface area contributed by atoms with Crippen LogP contribution in [0.2, 0.25) is 0 Å². The zero-order valence-electron chi connectivity index (χ0n) is 10.1. The summed E-state index contributed by atoms with van der Waals surface area (Å²) < 4.78 is 1.94. The molecule has 0 aliphatic rings. The Morgan fingerprint density at radius 2 is 2.31 bits per heavy atom. The average Bonchev–Trinajstić information content (AvgIpc) is 2.63. The normalized spacial score (nSPS) is 12.8. The van der Waals surface area contributed by atoms with Crippen LogP contribution in [0.1, 0.15) is 19.7 Å². The van der Waals surface area contributed by atoms with Gasteiger partial charge in [-0.3, -0.25) is 4.79 Å². The molecule has 0 saturated heterocycles. The van der Waals surface area contributed by atoms with Gasteiger partial charge in [0.2, 0.25) is 5.91 Å². The van der Waals surface area contributed by atoms with Crippen LogP contribution in [0.5, 0.6) is 0 Å². The van der Waals surface area contributed by atoms with Gasteiger partial charge in [-0.15, -0.1) is 0 Å². The van der Waals surface area contributed by atoms with Crippen LogP contribution in [0.25, 0.3) is 0 Å². The van der Waals surface area contributed by atoms with E-state index in [1.54, 1.807) is 6.20 Å². The van der Waals surface area contributed by atoms with Crippen LogP contribution in [-0.2, 0) is 18.3 Å². The van der Waals surface area contributed by atoms with Gasteiger partial charge >= 0.3 is 0 Å². The number of aromatic nitrogens is 2. The molecule has 0 aromatic carbocycles. The van der Waals surface area contributed by atoms with E-state index in [-0.39, 0.29) is 11.8 Å². The Labute approximate surface area is 96.0 Å². The second kappa shape index (κ2) is 5.65. The van der Waals surface area contributed by atoms with Gasteiger partial charge < -0.3 is 15.6 Å². The van der Waals surface area contributed by atoms with Gasteiger partial charge in [0.05, 0.1) is 6.04 Å². The van der Waals surface area contributed by atoms with Gasteiger partial charge in [-0.2, -0.15) is 0 Å². The van der Waals surface area contributed by atoms with Gasteiger partial charge in [0.15, 0.2) is 0 Å². The largest absolute Gasteiger partial charge is 0.354 e. The average molecular weight is 224 g/mol. The van der Waals surface area contributed by atoms with E-state index in [9.17, 15) is 4.79 Å². The minimum Gasteiger partial charge on any atom is -0.354 e. The van der Waals surface area contributed by atoms with Crippen molar-refractivity contribution >= 4 is 5.91 Å². The Bertz CT molecular complexity index is 346. The Balaban J connectivity index is 2.31. The summed E-state index contributed by atoms with van der Waals surface area (Å²) in [6.45, 7) is 4.44. The molecule has 0 saturated carbocycles. The van der Waals surface area contributed by atoms with E-state index in [0.29, 0.717) is 6.54 Å². The molecule has 16 heavy (non-hydrogen) atoms. The molecule has 3 N–H and O–H groups in total. The molecule has 0 fully saturated rings. The van der Waals surface area contributed by atoms with Crippen molar-refractivity contribution in [2.24, 2.45) is 18.7 Å². The van der Waals surface area contributed by atoms with E-state index < -0.39 is 6.04 Å². The summed E-state index contributed by atoms with van der Waals surface area (Å²) in [6, 6.07) is -0.429. The summed E-state index contributed by atoms with van der Waals surface area (Å²) in [4.78, 5) is 15.7. The van der Waals surface area contributed by atoms with E-state index in [0.717, 1.165) is 12.2 Å². The molecule has 1 rings (SSSR count). The predicted molar refractivity (Wildman–Crippen MR) is 62.7 cm³/mol. The maximum Gasteiger partial charge on any atom is 0.237 e.